The number of ether oxygens (including phenoxy) is 1. The van der Waals surface area contributed by atoms with Gasteiger partial charge in [-0.2, -0.15) is 0 Å². The van der Waals surface area contributed by atoms with E-state index in [-0.39, 0.29) is 23.9 Å². The number of nitrogens with one attached hydrogen (secondary N) is 1. The summed E-state index contributed by atoms with van der Waals surface area (Å²) in [4.78, 5) is 24.9. The lowest BCUT2D eigenvalue weighted by Crippen LogP contribution is -2.31. The lowest BCUT2D eigenvalue weighted by molar-refractivity contribution is -0.141. The summed E-state index contributed by atoms with van der Waals surface area (Å²) >= 11 is 2.57. The smallest absolute Gasteiger partial charge is 0.307 e. The van der Waals surface area contributed by atoms with Crippen molar-refractivity contribution in [1.82, 2.24) is 5.32 Å². The molecule has 0 saturated carbocycles. The lowest BCUT2D eigenvalue weighted by atomic mass is 10.1. The highest BCUT2D eigenvalue weighted by atomic mass is 32.2. The van der Waals surface area contributed by atoms with Crippen LogP contribution in [0.4, 0.5) is 4.39 Å². The van der Waals surface area contributed by atoms with Gasteiger partial charge in [0, 0.05) is 9.77 Å². The zero-order chi connectivity index (χ0) is 16.7. The summed E-state index contributed by atoms with van der Waals surface area (Å²) in [5, 5.41) is 4.68. The van der Waals surface area contributed by atoms with E-state index in [4.69, 9.17) is 0 Å². The quantitative estimate of drug-likeness (QED) is 0.612. The zero-order valence-electron chi connectivity index (χ0n) is 12.5. The molecule has 1 aromatic heterocycles. The predicted molar refractivity (Wildman–Crippen MR) is 89.0 cm³/mol. The van der Waals surface area contributed by atoms with E-state index in [1.54, 1.807) is 18.2 Å². The molecular weight excluding hydrogens is 337 g/mol. The van der Waals surface area contributed by atoms with E-state index in [1.807, 2.05) is 17.5 Å². The van der Waals surface area contributed by atoms with Gasteiger partial charge in [0.2, 0.25) is 5.91 Å². The van der Waals surface area contributed by atoms with Crippen LogP contribution in [0.25, 0.3) is 0 Å². The molecule has 0 aliphatic carbocycles. The van der Waals surface area contributed by atoms with Crippen molar-refractivity contribution in [3.8, 4) is 0 Å². The molecule has 1 unspecified atom stereocenters. The van der Waals surface area contributed by atoms with E-state index in [2.05, 4.69) is 10.1 Å². The van der Waals surface area contributed by atoms with Crippen molar-refractivity contribution >= 4 is 35.0 Å². The molecule has 1 heterocycles. The highest BCUT2D eigenvalue weighted by molar-refractivity contribution is 8.00. The Kier molecular flexibility index (Phi) is 6.61. The normalized spacial score (nSPS) is 11.7. The van der Waals surface area contributed by atoms with E-state index in [0.717, 1.165) is 16.6 Å². The Bertz CT molecular complexity index is 661. The van der Waals surface area contributed by atoms with Crippen LogP contribution in [0.1, 0.15) is 17.3 Å². The van der Waals surface area contributed by atoms with Crippen molar-refractivity contribution < 1.29 is 18.7 Å². The Labute approximate surface area is 142 Å². The first-order valence-electron chi connectivity index (χ1n) is 6.87. The molecule has 0 aliphatic heterocycles. The van der Waals surface area contributed by atoms with Gasteiger partial charge in [0.25, 0.3) is 0 Å². The Morgan fingerprint density at radius 2 is 2.09 bits per heavy atom. The van der Waals surface area contributed by atoms with Crippen molar-refractivity contribution in [1.29, 1.82) is 0 Å². The molecule has 122 valence electrons. The molecule has 2 rings (SSSR count). The fourth-order valence-electron chi connectivity index (χ4n) is 1.90. The number of amides is 1. The van der Waals surface area contributed by atoms with E-state index in [9.17, 15) is 14.0 Å². The van der Waals surface area contributed by atoms with E-state index < -0.39 is 12.0 Å². The van der Waals surface area contributed by atoms with Gasteiger partial charge in [0.1, 0.15) is 5.82 Å². The van der Waals surface area contributed by atoms with Gasteiger partial charge in [-0.3, -0.25) is 9.59 Å². The third kappa shape index (κ3) is 5.37. The molecule has 0 saturated heterocycles. The predicted octanol–water partition coefficient (Wildman–Crippen LogP) is 3.40. The highest BCUT2D eigenvalue weighted by Crippen LogP contribution is 2.24. The van der Waals surface area contributed by atoms with Crippen LogP contribution in [0, 0.1) is 5.82 Å². The number of thiophene rings is 1. The van der Waals surface area contributed by atoms with Crippen LogP contribution in [-0.4, -0.2) is 24.7 Å². The van der Waals surface area contributed by atoms with Crippen molar-refractivity contribution in [2.24, 2.45) is 0 Å². The Morgan fingerprint density at radius 3 is 2.74 bits per heavy atom. The first kappa shape index (κ1) is 17.5. The summed E-state index contributed by atoms with van der Waals surface area (Å²) in [6.07, 6.45) is 0.0626. The number of halogens is 1. The molecule has 0 radical (unpaired) electrons. The first-order valence-corrected chi connectivity index (χ1v) is 8.73. The van der Waals surface area contributed by atoms with E-state index in [0.29, 0.717) is 4.90 Å². The van der Waals surface area contributed by atoms with Gasteiger partial charge < -0.3 is 10.1 Å². The van der Waals surface area contributed by atoms with Crippen LogP contribution >= 0.6 is 23.1 Å². The molecule has 0 bridgehead atoms. The molecule has 4 nitrogen and oxygen atoms in total. The Morgan fingerprint density at radius 1 is 1.30 bits per heavy atom. The first-order chi connectivity index (χ1) is 11.1. The van der Waals surface area contributed by atoms with Gasteiger partial charge in [-0.15, -0.1) is 23.1 Å². The Balaban J connectivity index is 1.95. The number of methoxy groups -OCH3 is 1. The standard InChI is InChI=1S/C16H16FNO3S2/c1-21-16(20)9-12(14-7-4-8-22-14)18-15(19)10-23-13-6-3-2-5-11(13)17/h2-8,12H,9-10H2,1H3,(H,18,19). The number of carbonyl (C=O) groups is 2. The summed E-state index contributed by atoms with van der Waals surface area (Å²) in [6, 6.07) is 9.56. The fourth-order valence-corrected chi connectivity index (χ4v) is 3.43. The van der Waals surface area contributed by atoms with Crippen molar-refractivity contribution in [2.45, 2.75) is 17.4 Å². The maximum atomic E-state index is 13.5. The van der Waals surface area contributed by atoms with Gasteiger partial charge in [-0.05, 0) is 23.6 Å². The summed E-state index contributed by atoms with van der Waals surface area (Å²) in [7, 11) is 1.31. The number of rotatable bonds is 7. The van der Waals surface area contributed by atoms with Crippen molar-refractivity contribution in [3.05, 3.63) is 52.5 Å². The number of hydrogen-bond acceptors (Lipinski definition) is 5. The average Bonchev–Trinajstić information content (AvgIpc) is 3.07. The molecule has 23 heavy (non-hydrogen) atoms. The molecule has 0 spiro atoms. The molecule has 1 amide bonds. The minimum Gasteiger partial charge on any atom is -0.469 e. The molecule has 0 fully saturated rings. The number of benzene rings is 1. The van der Waals surface area contributed by atoms with E-state index in [1.165, 1.54) is 24.5 Å². The molecule has 7 heteroatoms. The largest absolute Gasteiger partial charge is 0.469 e. The SMILES string of the molecule is COC(=O)CC(NC(=O)CSc1ccccc1F)c1cccs1. The summed E-state index contributed by atoms with van der Waals surface area (Å²) in [5.74, 6) is -0.940. The second-order valence-corrected chi connectivity index (χ2v) is 6.63. The van der Waals surface area contributed by atoms with Gasteiger partial charge in [-0.25, -0.2) is 4.39 Å². The summed E-state index contributed by atoms with van der Waals surface area (Å²) in [5.41, 5.74) is 0. The highest BCUT2D eigenvalue weighted by Gasteiger charge is 2.20. The number of carbonyl (C=O) groups excluding carboxylic acids is 2. The summed E-state index contributed by atoms with van der Waals surface area (Å²) in [6.45, 7) is 0. The molecule has 2 aromatic rings. The monoisotopic (exact) mass is 353 g/mol. The van der Waals surface area contributed by atoms with Crippen molar-refractivity contribution in [2.75, 3.05) is 12.9 Å². The maximum absolute atomic E-state index is 13.5. The number of esters is 1. The molecular formula is C16H16FNO3S2. The molecule has 1 aromatic carbocycles. The van der Waals surface area contributed by atoms with Gasteiger partial charge >= 0.3 is 5.97 Å². The van der Waals surface area contributed by atoms with Crippen LogP contribution in [0.2, 0.25) is 0 Å². The van der Waals surface area contributed by atoms with Gasteiger partial charge in [0.15, 0.2) is 0 Å². The van der Waals surface area contributed by atoms with Crippen LogP contribution in [-0.2, 0) is 14.3 Å². The second-order valence-electron chi connectivity index (χ2n) is 4.63. The van der Waals surface area contributed by atoms with Crippen LogP contribution in [0.3, 0.4) is 0 Å². The van der Waals surface area contributed by atoms with Gasteiger partial charge in [0.05, 0.1) is 25.3 Å². The van der Waals surface area contributed by atoms with Crippen molar-refractivity contribution in [3.63, 3.8) is 0 Å². The van der Waals surface area contributed by atoms with E-state index >= 15 is 0 Å². The maximum Gasteiger partial charge on any atom is 0.307 e. The van der Waals surface area contributed by atoms with Crippen LogP contribution in [0.5, 0.6) is 0 Å². The fraction of sp³-hybridized carbons (Fsp3) is 0.250. The summed E-state index contributed by atoms with van der Waals surface area (Å²) < 4.78 is 18.2. The third-order valence-corrected chi connectivity index (χ3v) is 5.05. The van der Waals surface area contributed by atoms with Crippen LogP contribution in [0.15, 0.2) is 46.7 Å². The number of thioether (sulfide) groups is 1. The van der Waals surface area contributed by atoms with Gasteiger partial charge in [-0.1, -0.05) is 18.2 Å². The minimum atomic E-state index is -0.434. The second kappa shape index (κ2) is 8.69. The Hall–Kier alpha value is -1.86. The third-order valence-electron chi connectivity index (χ3n) is 3.02. The zero-order valence-corrected chi connectivity index (χ0v) is 14.1. The molecule has 1 atom stereocenters. The molecule has 1 N–H and O–H groups in total. The van der Waals surface area contributed by atoms with Crippen LogP contribution < -0.4 is 5.32 Å². The average molecular weight is 353 g/mol. The molecule has 0 aliphatic rings. The lowest BCUT2D eigenvalue weighted by Gasteiger charge is -2.16. The minimum absolute atomic E-state index is 0.0626. The topological polar surface area (TPSA) is 55.4 Å². The number of hydrogen-bond donors (Lipinski definition) is 1.